The number of aromatic amines is 1. The van der Waals surface area contributed by atoms with Crippen molar-refractivity contribution < 1.29 is 24.0 Å². The molecule has 0 saturated carbocycles. The highest BCUT2D eigenvalue weighted by atomic mass is 16.6. The summed E-state index contributed by atoms with van der Waals surface area (Å²) < 4.78 is 10.4. The SMILES string of the molecule is COc1ccc(OC(=O)c2n[nH]c3c2CCN(c2ccc([N+](=O)[O-])cc2)C3=O)cc1. The van der Waals surface area contributed by atoms with E-state index < -0.39 is 10.9 Å². The van der Waals surface area contributed by atoms with Crippen LogP contribution in [0.15, 0.2) is 48.5 Å². The topological polar surface area (TPSA) is 128 Å². The molecule has 10 heteroatoms. The van der Waals surface area contributed by atoms with Gasteiger partial charge in [-0.25, -0.2) is 4.79 Å². The third-order valence-electron chi connectivity index (χ3n) is 4.75. The minimum Gasteiger partial charge on any atom is -0.497 e. The average Bonchev–Trinajstić information content (AvgIpc) is 3.20. The first kappa shape index (κ1) is 19.1. The maximum absolute atomic E-state index is 12.9. The van der Waals surface area contributed by atoms with Crippen molar-refractivity contribution in [1.29, 1.82) is 0 Å². The van der Waals surface area contributed by atoms with Crippen molar-refractivity contribution in [2.45, 2.75) is 6.42 Å². The number of benzene rings is 2. The number of aromatic nitrogens is 2. The number of nitrogens with zero attached hydrogens (tertiary/aromatic N) is 3. The number of methoxy groups -OCH3 is 1. The number of nitro groups is 1. The van der Waals surface area contributed by atoms with Crippen LogP contribution in [0.2, 0.25) is 0 Å². The standard InChI is InChI=1S/C20H16N4O6/c1-29-14-6-8-15(9-7-14)30-20(26)18-16-10-11-23(19(25)17(16)21-22-18)12-2-4-13(5-3-12)24(27)28/h2-9H,10-11H2,1H3,(H,21,22). The first-order valence-electron chi connectivity index (χ1n) is 8.97. The molecule has 0 unspecified atom stereocenters. The van der Waals surface area contributed by atoms with Gasteiger partial charge in [-0.05, 0) is 42.8 Å². The van der Waals surface area contributed by atoms with Gasteiger partial charge in [0, 0.05) is 29.9 Å². The van der Waals surface area contributed by atoms with E-state index in [2.05, 4.69) is 10.2 Å². The van der Waals surface area contributed by atoms with E-state index in [4.69, 9.17) is 9.47 Å². The Hall–Kier alpha value is -4.21. The summed E-state index contributed by atoms with van der Waals surface area (Å²) in [5.41, 5.74) is 1.19. The number of carbonyl (C=O) groups excluding carboxylic acids is 2. The zero-order chi connectivity index (χ0) is 21.3. The third-order valence-corrected chi connectivity index (χ3v) is 4.75. The van der Waals surface area contributed by atoms with Crippen LogP contribution in [0.4, 0.5) is 11.4 Å². The highest BCUT2D eigenvalue weighted by Gasteiger charge is 2.32. The Morgan fingerprint density at radius 1 is 1.13 bits per heavy atom. The Bertz CT molecular complexity index is 1120. The summed E-state index contributed by atoms with van der Waals surface area (Å²) in [4.78, 5) is 37.2. The van der Waals surface area contributed by atoms with Crippen LogP contribution in [0.3, 0.4) is 0 Å². The summed E-state index contributed by atoms with van der Waals surface area (Å²) in [7, 11) is 1.54. The van der Waals surface area contributed by atoms with E-state index >= 15 is 0 Å². The molecule has 2 aromatic carbocycles. The van der Waals surface area contributed by atoms with Crippen molar-refractivity contribution in [3.8, 4) is 11.5 Å². The molecule has 0 saturated heterocycles. The summed E-state index contributed by atoms with van der Waals surface area (Å²) in [6.07, 6.45) is 0.377. The van der Waals surface area contributed by atoms with E-state index in [-0.39, 0.29) is 23.0 Å². The molecule has 1 aliphatic rings. The van der Waals surface area contributed by atoms with E-state index in [1.807, 2.05) is 0 Å². The number of H-pyrrole nitrogens is 1. The second kappa shape index (κ2) is 7.66. The number of hydrogen-bond donors (Lipinski definition) is 1. The van der Waals surface area contributed by atoms with Crippen molar-refractivity contribution >= 4 is 23.3 Å². The zero-order valence-corrected chi connectivity index (χ0v) is 15.8. The molecule has 2 heterocycles. The van der Waals surface area contributed by atoms with Crippen molar-refractivity contribution in [3.05, 3.63) is 75.6 Å². The molecule has 1 aromatic heterocycles. The normalized spacial score (nSPS) is 13.0. The van der Waals surface area contributed by atoms with Gasteiger partial charge in [0.2, 0.25) is 0 Å². The van der Waals surface area contributed by atoms with Gasteiger partial charge in [0.1, 0.15) is 17.2 Å². The van der Waals surface area contributed by atoms with Gasteiger partial charge in [-0.3, -0.25) is 20.0 Å². The minimum absolute atomic E-state index is 0.0533. The Kier molecular flexibility index (Phi) is 4.88. The number of ether oxygens (including phenoxy) is 2. The molecule has 0 spiro atoms. The molecule has 10 nitrogen and oxygen atoms in total. The van der Waals surface area contributed by atoms with Gasteiger partial charge in [0.25, 0.3) is 11.6 Å². The Morgan fingerprint density at radius 3 is 2.43 bits per heavy atom. The second-order valence-electron chi connectivity index (χ2n) is 6.47. The Balaban J connectivity index is 1.53. The van der Waals surface area contributed by atoms with Crippen LogP contribution in [-0.4, -0.2) is 40.7 Å². The molecule has 152 valence electrons. The van der Waals surface area contributed by atoms with Crippen molar-refractivity contribution in [2.24, 2.45) is 0 Å². The van der Waals surface area contributed by atoms with E-state index in [1.165, 1.54) is 36.3 Å². The fraction of sp³-hybridized carbons (Fsp3) is 0.150. The molecule has 1 N–H and O–H groups in total. The fourth-order valence-electron chi connectivity index (χ4n) is 3.21. The Labute approximate surface area is 170 Å². The number of fused-ring (bicyclic) bond motifs is 1. The second-order valence-corrected chi connectivity index (χ2v) is 6.47. The summed E-state index contributed by atoms with van der Waals surface area (Å²) >= 11 is 0. The molecule has 0 aliphatic carbocycles. The van der Waals surface area contributed by atoms with Gasteiger partial charge in [-0.2, -0.15) is 5.10 Å². The lowest BCUT2D eigenvalue weighted by molar-refractivity contribution is -0.384. The maximum atomic E-state index is 12.9. The number of hydrogen-bond acceptors (Lipinski definition) is 7. The van der Waals surface area contributed by atoms with Crippen LogP contribution in [0.25, 0.3) is 0 Å². The lowest BCUT2D eigenvalue weighted by Gasteiger charge is -2.26. The van der Waals surface area contributed by atoms with Crippen LogP contribution in [-0.2, 0) is 6.42 Å². The highest BCUT2D eigenvalue weighted by Crippen LogP contribution is 2.27. The summed E-state index contributed by atoms with van der Waals surface area (Å²) in [6, 6.07) is 12.2. The van der Waals surface area contributed by atoms with Crippen LogP contribution in [0.5, 0.6) is 11.5 Å². The van der Waals surface area contributed by atoms with Crippen LogP contribution in [0.1, 0.15) is 26.5 Å². The summed E-state index contributed by atoms with van der Waals surface area (Å²) in [5.74, 6) is -0.0913. The molecular formula is C20H16N4O6. The number of anilines is 1. The lowest BCUT2D eigenvalue weighted by Crippen LogP contribution is -2.38. The molecule has 0 atom stereocenters. The van der Waals surface area contributed by atoms with E-state index in [1.54, 1.807) is 24.3 Å². The minimum atomic E-state index is -0.672. The molecule has 4 rings (SSSR count). The van der Waals surface area contributed by atoms with Gasteiger partial charge < -0.3 is 14.4 Å². The molecule has 1 aliphatic heterocycles. The summed E-state index contributed by atoms with van der Waals surface area (Å²) in [6.45, 7) is 0.298. The number of nitro benzene ring substituents is 1. The molecule has 0 radical (unpaired) electrons. The number of esters is 1. The largest absolute Gasteiger partial charge is 0.497 e. The van der Waals surface area contributed by atoms with Gasteiger partial charge in [-0.15, -0.1) is 0 Å². The average molecular weight is 408 g/mol. The highest BCUT2D eigenvalue weighted by molar-refractivity contribution is 6.08. The number of nitrogens with one attached hydrogen (secondary N) is 1. The monoisotopic (exact) mass is 408 g/mol. The molecule has 30 heavy (non-hydrogen) atoms. The first-order chi connectivity index (χ1) is 14.5. The predicted octanol–water partition coefficient (Wildman–Crippen LogP) is 2.75. The van der Waals surface area contributed by atoms with Crippen molar-refractivity contribution in [2.75, 3.05) is 18.6 Å². The zero-order valence-electron chi connectivity index (χ0n) is 15.8. The van der Waals surface area contributed by atoms with E-state index in [9.17, 15) is 19.7 Å². The smallest absolute Gasteiger partial charge is 0.364 e. The maximum Gasteiger partial charge on any atom is 0.364 e. The summed E-state index contributed by atoms with van der Waals surface area (Å²) in [5, 5.41) is 17.4. The molecule has 3 aromatic rings. The molecule has 0 bridgehead atoms. The fourth-order valence-corrected chi connectivity index (χ4v) is 3.21. The van der Waals surface area contributed by atoms with Crippen LogP contribution in [0, 0.1) is 10.1 Å². The van der Waals surface area contributed by atoms with Crippen molar-refractivity contribution in [3.63, 3.8) is 0 Å². The van der Waals surface area contributed by atoms with Gasteiger partial charge in [0.15, 0.2) is 5.69 Å². The first-order valence-corrected chi connectivity index (χ1v) is 8.97. The van der Waals surface area contributed by atoms with E-state index in [0.29, 0.717) is 35.7 Å². The van der Waals surface area contributed by atoms with Gasteiger partial charge >= 0.3 is 5.97 Å². The molecule has 0 fully saturated rings. The van der Waals surface area contributed by atoms with Gasteiger partial charge in [-0.1, -0.05) is 0 Å². The van der Waals surface area contributed by atoms with E-state index in [0.717, 1.165) is 0 Å². The number of non-ortho nitro benzene ring substituents is 1. The molecule has 1 amide bonds. The third kappa shape index (κ3) is 3.46. The number of carbonyl (C=O) groups is 2. The van der Waals surface area contributed by atoms with Crippen LogP contribution >= 0.6 is 0 Å². The number of amides is 1. The Morgan fingerprint density at radius 2 is 1.80 bits per heavy atom. The van der Waals surface area contributed by atoms with Gasteiger partial charge in [0.05, 0.1) is 12.0 Å². The number of rotatable bonds is 5. The predicted molar refractivity (Wildman–Crippen MR) is 105 cm³/mol. The molecular weight excluding hydrogens is 392 g/mol. The lowest BCUT2D eigenvalue weighted by atomic mass is 10.0. The van der Waals surface area contributed by atoms with Crippen LogP contribution < -0.4 is 14.4 Å². The quantitative estimate of drug-likeness (QED) is 0.297. The van der Waals surface area contributed by atoms with Crippen molar-refractivity contribution in [1.82, 2.24) is 10.2 Å².